The number of halogens is 2. The predicted octanol–water partition coefficient (Wildman–Crippen LogP) is 4.88. The number of carbonyl (C=O) groups excluding carboxylic acids is 1. The molecule has 0 aromatic heterocycles. The predicted molar refractivity (Wildman–Crippen MR) is 122 cm³/mol. The average Bonchev–Trinajstić information content (AvgIpc) is 2.80. The van der Waals surface area contributed by atoms with Gasteiger partial charge in [-0.25, -0.2) is 12.8 Å². The molecule has 0 spiro atoms. The summed E-state index contributed by atoms with van der Waals surface area (Å²) in [7, 11) is -2.67. The summed E-state index contributed by atoms with van der Waals surface area (Å²) in [5, 5.41) is 2.68. The monoisotopic (exact) mass is 474 g/mol. The third-order valence-corrected chi connectivity index (χ3v) is 7.31. The molecular formula is C23H20ClFN2O4S. The summed E-state index contributed by atoms with van der Waals surface area (Å²) < 4.78 is 47.8. The van der Waals surface area contributed by atoms with Crippen molar-refractivity contribution in [3.63, 3.8) is 0 Å². The van der Waals surface area contributed by atoms with Crippen molar-refractivity contribution in [2.75, 3.05) is 23.3 Å². The molecule has 1 aliphatic rings. The lowest BCUT2D eigenvalue weighted by Gasteiger charge is -2.31. The van der Waals surface area contributed by atoms with Crippen molar-refractivity contribution in [1.82, 2.24) is 0 Å². The first-order chi connectivity index (χ1) is 15.3. The zero-order valence-electron chi connectivity index (χ0n) is 17.1. The Morgan fingerprint density at radius 2 is 1.91 bits per heavy atom. The van der Waals surface area contributed by atoms with Crippen LogP contribution < -0.4 is 14.4 Å². The minimum absolute atomic E-state index is 0.0362. The van der Waals surface area contributed by atoms with Gasteiger partial charge in [0.05, 0.1) is 18.5 Å². The van der Waals surface area contributed by atoms with E-state index in [0.717, 1.165) is 18.1 Å². The van der Waals surface area contributed by atoms with E-state index in [1.807, 2.05) is 12.1 Å². The standard InChI is InChI=1S/C23H20ClFN2O4S/c1-31-21-11-8-16(23(28)26-19-14-17(24)9-10-18(19)25)13-22(21)32(29,30)27-12-4-6-15-5-2-3-7-20(15)27/h2-3,5,7-11,13-14H,4,6,12H2,1H3,(H,26,28). The molecule has 9 heteroatoms. The van der Waals surface area contributed by atoms with Crippen molar-refractivity contribution in [1.29, 1.82) is 0 Å². The second-order valence-electron chi connectivity index (χ2n) is 7.25. The number of ether oxygens (including phenoxy) is 1. The Labute approximate surface area is 190 Å². The number of sulfonamides is 1. The van der Waals surface area contributed by atoms with Crippen LogP contribution in [0.4, 0.5) is 15.8 Å². The van der Waals surface area contributed by atoms with Gasteiger partial charge in [-0.05, 0) is 60.9 Å². The normalized spacial score (nSPS) is 13.4. The number of para-hydroxylation sites is 1. The first-order valence-corrected chi connectivity index (χ1v) is 11.7. The Morgan fingerprint density at radius 3 is 2.69 bits per heavy atom. The first kappa shape index (κ1) is 22.1. The number of anilines is 2. The molecule has 1 aliphatic heterocycles. The summed E-state index contributed by atoms with van der Waals surface area (Å²) in [5.74, 6) is -1.23. The molecule has 32 heavy (non-hydrogen) atoms. The molecule has 4 rings (SSSR count). The Bertz CT molecular complexity index is 1300. The molecule has 0 fully saturated rings. The molecule has 3 aromatic rings. The molecule has 0 atom stereocenters. The van der Waals surface area contributed by atoms with Crippen molar-refractivity contribution in [2.45, 2.75) is 17.7 Å². The second kappa shape index (κ2) is 8.80. The van der Waals surface area contributed by atoms with Crippen LogP contribution in [0, 0.1) is 5.82 Å². The largest absolute Gasteiger partial charge is 0.495 e. The maximum absolute atomic E-state index is 14.0. The van der Waals surface area contributed by atoms with Crippen LogP contribution in [0.3, 0.4) is 0 Å². The van der Waals surface area contributed by atoms with E-state index < -0.39 is 21.7 Å². The van der Waals surface area contributed by atoms with Gasteiger partial charge in [0, 0.05) is 17.1 Å². The topological polar surface area (TPSA) is 75.7 Å². The zero-order valence-corrected chi connectivity index (χ0v) is 18.7. The van der Waals surface area contributed by atoms with E-state index in [1.54, 1.807) is 12.1 Å². The van der Waals surface area contributed by atoms with Gasteiger partial charge < -0.3 is 10.1 Å². The van der Waals surface area contributed by atoms with E-state index in [4.69, 9.17) is 16.3 Å². The van der Waals surface area contributed by atoms with Crippen LogP contribution in [0.25, 0.3) is 0 Å². The highest BCUT2D eigenvalue weighted by Gasteiger charge is 2.32. The third-order valence-electron chi connectivity index (χ3n) is 5.24. The van der Waals surface area contributed by atoms with Gasteiger partial charge in [0.1, 0.15) is 16.5 Å². The van der Waals surface area contributed by atoms with E-state index in [1.165, 1.54) is 41.7 Å². The minimum atomic E-state index is -4.03. The molecule has 0 bridgehead atoms. The Morgan fingerprint density at radius 1 is 1.12 bits per heavy atom. The van der Waals surface area contributed by atoms with E-state index in [0.29, 0.717) is 18.7 Å². The van der Waals surface area contributed by atoms with Gasteiger partial charge in [0.15, 0.2) is 0 Å². The molecule has 0 radical (unpaired) electrons. The average molecular weight is 475 g/mol. The summed E-state index contributed by atoms with van der Waals surface area (Å²) in [4.78, 5) is 12.6. The second-order valence-corrected chi connectivity index (χ2v) is 9.52. The molecule has 0 unspecified atom stereocenters. The third kappa shape index (κ3) is 4.16. The number of hydrogen-bond acceptors (Lipinski definition) is 4. The highest BCUT2D eigenvalue weighted by Crippen LogP contribution is 2.35. The van der Waals surface area contributed by atoms with Crippen LogP contribution in [-0.2, 0) is 16.4 Å². The molecule has 0 aliphatic carbocycles. The van der Waals surface area contributed by atoms with E-state index in [9.17, 15) is 17.6 Å². The van der Waals surface area contributed by atoms with Crippen LogP contribution in [0.1, 0.15) is 22.3 Å². The highest BCUT2D eigenvalue weighted by atomic mass is 35.5. The molecule has 166 valence electrons. The number of carbonyl (C=O) groups is 1. The molecule has 6 nitrogen and oxygen atoms in total. The SMILES string of the molecule is COc1ccc(C(=O)Nc2cc(Cl)ccc2F)cc1S(=O)(=O)N1CCCc2ccccc21. The fraction of sp³-hybridized carbons (Fsp3) is 0.174. The Balaban J connectivity index is 1.73. The van der Waals surface area contributed by atoms with Crippen LogP contribution in [0.15, 0.2) is 65.6 Å². The smallest absolute Gasteiger partial charge is 0.268 e. The van der Waals surface area contributed by atoms with Gasteiger partial charge in [0.25, 0.3) is 15.9 Å². The number of benzene rings is 3. The van der Waals surface area contributed by atoms with E-state index in [2.05, 4.69) is 5.32 Å². The fourth-order valence-electron chi connectivity index (χ4n) is 3.67. The van der Waals surface area contributed by atoms with Gasteiger partial charge in [-0.1, -0.05) is 29.8 Å². The maximum Gasteiger partial charge on any atom is 0.268 e. The molecule has 0 saturated carbocycles. The molecule has 1 N–H and O–H groups in total. The molecular weight excluding hydrogens is 455 g/mol. The summed E-state index contributed by atoms with van der Waals surface area (Å²) in [5.41, 5.74) is 1.48. The minimum Gasteiger partial charge on any atom is -0.495 e. The number of rotatable bonds is 5. The van der Waals surface area contributed by atoms with Gasteiger partial charge in [-0.2, -0.15) is 0 Å². The number of nitrogens with one attached hydrogen (secondary N) is 1. The zero-order chi connectivity index (χ0) is 22.9. The van der Waals surface area contributed by atoms with Crippen molar-refractivity contribution in [3.8, 4) is 5.75 Å². The quantitative estimate of drug-likeness (QED) is 0.571. The van der Waals surface area contributed by atoms with E-state index >= 15 is 0 Å². The van der Waals surface area contributed by atoms with Gasteiger partial charge in [-0.3, -0.25) is 9.10 Å². The van der Waals surface area contributed by atoms with Crippen LogP contribution in [0.2, 0.25) is 5.02 Å². The van der Waals surface area contributed by atoms with Crippen molar-refractivity contribution < 1.29 is 22.3 Å². The van der Waals surface area contributed by atoms with Gasteiger partial charge >= 0.3 is 0 Å². The molecule has 1 amide bonds. The number of hydrogen-bond donors (Lipinski definition) is 1. The summed E-state index contributed by atoms with van der Waals surface area (Å²) >= 11 is 5.88. The number of methoxy groups -OCH3 is 1. The number of nitrogens with zero attached hydrogens (tertiary/aromatic N) is 1. The molecule has 0 saturated heterocycles. The Kier molecular flexibility index (Phi) is 6.08. The van der Waals surface area contributed by atoms with E-state index in [-0.39, 0.29) is 26.9 Å². The van der Waals surface area contributed by atoms with Crippen LogP contribution in [0.5, 0.6) is 5.75 Å². The molecule has 3 aromatic carbocycles. The number of fused-ring (bicyclic) bond motifs is 1. The van der Waals surface area contributed by atoms with Crippen LogP contribution >= 0.6 is 11.6 Å². The first-order valence-electron chi connectivity index (χ1n) is 9.86. The highest BCUT2D eigenvalue weighted by molar-refractivity contribution is 7.93. The number of aryl methyl sites for hydroxylation is 1. The van der Waals surface area contributed by atoms with Gasteiger partial charge in [0.2, 0.25) is 0 Å². The summed E-state index contributed by atoms with van der Waals surface area (Å²) in [6.45, 7) is 0.312. The lowest BCUT2D eigenvalue weighted by molar-refractivity contribution is 0.102. The maximum atomic E-state index is 14.0. The summed E-state index contributed by atoms with van der Waals surface area (Å²) in [6.07, 6.45) is 1.46. The van der Waals surface area contributed by atoms with Crippen LogP contribution in [-0.4, -0.2) is 28.0 Å². The van der Waals surface area contributed by atoms with Crippen molar-refractivity contribution in [2.24, 2.45) is 0 Å². The van der Waals surface area contributed by atoms with Crippen molar-refractivity contribution >= 4 is 38.9 Å². The molecule has 1 heterocycles. The Hall–Kier alpha value is -3.10. The lowest BCUT2D eigenvalue weighted by atomic mass is 10.0. The lowest BCUT2D eigenvalue weighted by Crippen LogP contribution is -2.35. The van der Waals surface area contributed by atoms with Gasteiger partial charge in [-0.15, -0.1) is 0 Å². The fourth-order valence-corrected chi connectivity index (χ4v) is 5.57. The number of amides is 1. The summed E-state index contributed by atoms with van der Waals surface area (Å²) in [6, 6.07) is 15.2. The van der Waals surface area contributed by atoms with Crippen molar-refractivity contribution in [3.05, 3.63) is 82.6 Å².